The van der Waals surface area contributed by atoms with Crippen LogP contribution in [0.2, 0.25) is 0 Å². The minimum Gasteiger partial charge on any atom is -0.496 e. The number of hydrogen-bond acceptors (Lipinski definition) is 3. The van der Waals surface area contributed by atoms with Gasteiger partial charge in [-0.15, -0.1) is 0 Å². The average molecular weight is 478 g/mol. The van der Waals surface area contributed by atoms with Crippen LogP contribution < -0.4 is 10.5 Å². The first-order chi connectivity index (χ1) is 14.1. The van der Waals surface area contributed by atoms with E-state index in [-0.39, 0.29) is 27.8 Å². The molecule has 30 heavy (non-hydrogen) atoms. The normalized spacial score (nSPS) is 11.2. The van der Waals surface area contributed by atoms with Crippen LogP contribution >= 0.6 is 15.9 Å². The number of hydrogen-bond donors (Lipinski definition) is 1. The zero-order chi connectivity index (χ0) is 22.1. The zero-order valence-electron chi connectivity index (χ0n) is 15.6. The van der Waals surface area contributed by atoms with Crippen molar-refractivity contribution in [3.8, 4) is 16.9 Å². The van der Waals surface area contributed by atoms with Crippen molar-refractivity contribution >= 4 is 27.6 Å². The number of ether oxygens (including phenoxy) is 1. The molecule has 0 aromatic heterocycles. The number of halogens is 4. The van der Waals surface area contributed by atoms with Crippen LogP contribution in [0.3, 0.4) is 0 Å². The van der Waals surface area contributed by atoms with E-state index in [1.54, 1.807) is 6.07 Å². The molecule has 0 saturated heterocycles. The van der Waals surface area contributed by atoms with Crippen LogP contribution in [0.4, 0.5) is 13.2 Å². The lowest BCUT2D eigenvalue weighted by molar-refractivity contribution is -0.137. The SMILES string of the molecule is COc1ccc(C(=O)c2ccc(-c3ccc(C(N)=O)cc3)c(C(F)(F)F)c2)cc1Br. The second-order valence-electron chi connectivity index (χ2n) is 6.38. The predicted molar refractivity (Wildman–Crippen MR) is 110 cm³/mol. The molecule has 8 heteroatoms. The molecule has 0 heterocycles. The number of carbonyl (C=O) groups is 2. The highest BCUT2D eigenvalue weighted by Gasteiger charge is 2.34. The van der Waals surface area contributed by atoms with Gasteiger partial charge in [0.05, 0.1) is 17.1 Å². The Morgan fingerprint density at radius 3 is 2.00 bits per heavy atom. The van der Waals surface area contributed by atoms with Gasteiger partial charge in [0.1, 0.15) is 5.75 Å². The van der Waals surface area contributed by atoms with E-state index in [4.69, 9.17) is 10.5 Å². The Bertz CT molecular complexity index is 1130. The highest BCUT2D eigenvalue weighted by Crippen LogP contribution is 2.38. The summed E-state index contributed by atoms with van der Waals surface area (Å²) in [4.78, 5) is 24.0. The Morgan fingerprint density at radius 2 is 1.47 bits per heavy atom. The molecule has 0 aliphatic rings. The quantitative estimate of drug-likeness (QED) is 0.495. The summed E-state index contributed by atoms with van der Waals surface area (Å²) in [6.07, 6.45) is -4.69. The molecule has 0 fully saturated rings. The second-order valence-corrected chi connectivity index (χ2v) is 7.23. The van der Waals surface area contributed by atoms with Gasteiger partial charge in [-0.05, 0) is 63.5 Å². The van der Waals surface area contributed by atoms with E-state index in [0.29, 0.717) is 10.2 Å². The molecule has 4 nitrogen and oxygen atoms in total. The number of primary amides is 1. The van der Waals surface area contributed by atoms with E-state index >= 15 is 0 Å². The van der Waals surface area contributed by atoms with Gasteiger partial charge in [0.25, 0.3) is 0 Å². The summed E-state index contributed by atoms with van der Waals surface area (Å²) in [5.41, 5.74) is 4.66. The fourth-order valence-corrected chi connectivity index (χ4v) is 3.50. The molecule has 3 aromatic rings. The summed E-state index contributed by atoms with van der Waals surface area (Å²) in [7, 11) is 1.46. The number of rotatable bonds is 5. The lowest BCUT2D eigenvalue weighted by Gasteiger charge is -2.15. The molecule has 154 valence electrons. The molecule has 0 bridgehead atoms. The summed E-state index contributed by atoms with van der Waals surface area (Å²) in [5.74, 6) is -0.735. The van der Waals surface area contributed by atoms with Crippen molar-refractivity contribution in [3.05, 3.63) is 87.4 Å². The van der Waals surface area contributed by atoms with Crippen molar-refractivity contribution in [1.29, 1.82) is 0 Å². The minimum absolute atomic E-state index is 0.100. The molecular weight excluding hydrogens is 463 g/mol. The Morgan fingerprint density at radius 1 is 0.900 bits per heavy atom. The van der Waals surface area contributed by atoms with Crippen LogP contribution in [-0.4, -0.2) is 18.8 Å². The van der Waals surface area contributed by atoms with E-state index < -0.39 is 23.4 Å². The van der Waals surface area contributed by atoms with Crippen LogP contribution in [0.5, 0.6) is 5.75 Å². The Labute approximate surface area is 178 Å². The maximum absolute atomic E-state index is 13.7. The van der Waals surface area contributed by atoms with Crippen molar-refractivity contribution in [3.63, 3.8) is 0 Å². The fourth-order valence-electron chi connectivity index (χ4n) is 2.96. The van der Waals surface area contributed by atoms with Gasteiger partial charge in [-0.25, -0.2) is 0 Å². The summed E-state index contributed by atoms with van der Waals surface area (Å²) in [5, 5.41) is 0. The molecule has 0 aliphatic heterocycles. The summed E-state index contributed by atoms with van der Waals surface area (Å²) < 4.78 is 46.8. The smallest absolute Gasteiger partial charge is 0.417 e. The van der Waals surface area contributed by atoms with Crippen molar-refractivity contribution in [1.82, 2.24) is 0 Å². The number of amides is 1. The first-order valence-corrected chi connectivity index (χ1v) is 9.41. The van der Waals surface area contributed by atoms with Crippen molar-refractivity contribution in [2.45, 2.75) is 6.18 Å². The van der Waals surface area contributed by atoms with Gasteiger partial charge >= 0.3 is 6.18 Å². The monoisotopic (exact) mass is 477 g/mol. The molecule has 3 aromatic carbocycles. The molecule has 2 N–H and O–H groups in total. The van der Waals surface area contributed by atoms with Gasteiger partial charge in [-0.2, -0.15) is 13.2 Å². The van der Waals surface area contributed by atoms with Crippen LogP contribution in [0.25, 0.3) is 11.1 Å². The first kappa shape index (κ1) is 21.6. The largest absolute Gasteiger partial charge is 0.496 e. The zero-order valence-corrected chi connectivity index (χ0v) is 17.2. The van der Waals surface area contributed by atoms with Gasteiger partial charge in [0, 0.05) is 16.7 Å². The maximum Gasteiger partial charge on any atom is 0.417 e. The third-order valence-electron chi connectivity index (χ3n) is 4.48. The predicted octanol–water partition coefficient (Wildman–Crippen LogP) is 5.47. The third kappa shape index (κ3) is 4.38. The van der Waals surface area contributed by atoms with E-state index in [1.165, 1.54) is 55.6 Å². The van der Waals surface area contributed by atoms with Gasteiger partial charge < -0.3 is 10.5 Å². The van der Waals surface area contributed by atoms with Crippen LogP contribution in [0, 0.1) is 0 Å². The van der Waals surface area contributed by atoms with E-state index in [0.717, 1.165) is 6.07 Å². The van der Waals surface area contributed by atoms with Gasteiger partial charge in [0.2, 0.25) is 5.91 Å². The molecule has 0 radical (unpaired) electrons. The molecule has 0 unspecified atom stereocenters. The molecule has 0 saturated carbocycles. The van der Waals surface area contributed by atoms with E-state index in [9.17, 15) is 22.8 Å². The topological polar surface area (TPSA) is 69.4 Å². The van der Waals surface area contributed by atoms with Crippen molar-refractivity contribution in [2.24, 2.45) is 5.73 Å². The second kappa shape index (κ2) is 8.31. The number of carbonyl (C=O) groups excluding carboxylic acids is 2. The molecule has 3 rings (SSSR count). The lowest BCUT2D eigenvalue weighted by atomic mass is 9.93. The van der Waals surface area contributed by atoms with Crippen LogP contribution in [-0.2, 0) is 6.18 Å². The van der Waals surface area contributed by atoms with Gasteiger partial charge in [-0.3, -0.25) is 9.59 Å². The molecular formula is C22H15BrF3NO3. The molecule has 0 atom stereocenters. The molecule has 0 aliphatic carbocycles. The Kier molecular flexibility index (Phi) is 5.98. The summed E-state index contributed by atoms with van der Waals surface area (Å²) >= 11 is 3.26. The van der Waals surface area contributed by atoms with E-state index in [2.05, 4.69) is 15.9 Å². The number of methoxy groups -OCH3 is 1. The van der Waals surface area contributed by atoms with E-state index in [1.807, 2.05) is 0 Å². The number of benzene rings is 3. The fraction of sp³-hybridized carbons (Fsp3) is 0.0909. The average Bonchev–Trinajstić information content (AvgIpc) is 2.72. The number of ketones is 1. The first-order valence-electron chi connectivity index (χ1n) is 8.61. The van der Waals surface area contributed by atoms with Crippen molar-refractivity contribution < 1.29 is 27.5 Å². The summed E-state index contributed by atoms with van der Waals surface area (Å²) in [6, 6.07) is 13.4. The third-order valence-corrected chi connectivity index (χ3v) is 5.10. The highest BCUT2D eigenvalue weighted by molar-refractivity contribution is 9.10. The molecule has 1 amide bonds. The van der Waals surface area contributed by atoms with Crippen molar-refractivity contribution in [2.75, 3.05) is 7.11 Å². The van der Waals surface area contributed by atoms with Crippen LogP contribution in [0.15, 0.2) is 65.1 Å². The Hall–Kier alpha value is -3.13. The molecule has 0 spiro atoms. The lowest BCUT2D eigenvalue weighted by Crippen LogP contribution is -2.11. The highest BCUT2D eigenvalue weighted by atomic mass is 79.9. The van der Waals surface area contributed by atoms with Gasteiger partial charge in [0.15, 0.2) is 5.78 Å². The van der Waals surface area contributed by atoms with Crippen LogP contribution in [0.1, 0.15) is 31.8 Å². The number of alkyl halides is 3. The van der Waals surface area contributed by atoms with Gasteiger partial charge in [-0.1, -0.05) is 24.3 Å². The number of nitrogens with two attached hydrogens (primary N) is 1. The minimum atomic E-state index is -4.69. The summed E-state index contributed by atoms with van der Waals surface area (Å²) in [6.45, 7) is 0. The maximum atomic E-state index is 13.7. The standard InChI is InChI=1S/C22H15BrF3NO3/c1-30-19-9-7-15(11-18(19)23)20(28)14-6-8-16(17(10-14)22(24,25)26)12-2-4-13(5-3-12)21(27)29/h2-11H,1H3,(H2,27,29). The Balaban J connectivity index is 2.05.